The van der Waals surface area contributed by atoms with E-state index in [0.717, 1.165) is 5.56 Å². The molecule has 0 spiro atoms. The standard InChI is InChI=1S/C12H9F3O3S/c1-8-6-7-11(10-5-3-2-4-9(8)10)18-19(16,17)12(13,14)15/h2-7H,1H3. The van der Waals surface area contributed by atoms with Crippen LogP contribution in [-0.2, 0) is 10.1 Å². The molecule has 2 rings (SSSR count). The number of rotatable bonds is 2. The number of fused-ring (bicyclic) bond motifs is 1. The average molecular weight is 290 g/mol. The quantitative estimate of drug-likeness (QED) is 0.629. The topological polar surface area (TPSA) is 43.4 Å². The van der Waals surface area contributed by atoms with Crippen LogP contribution in [0.1, 0.15) is 5.56 Å². The van der Waals surface area contributed by atoms with Crippen molar-refractivity contribution in [2.45, 2.75) is 12.4 Å². The van der Waals surface area contributed by atoms with Crippen LogP contribution in [0.4, 0.5) is 13.2 Å². The van der Waals surface area contributed by atoms with Crippen LogP contribution in [0.3, 0.4) is 0 Å². The average Bonchev–Trinajstić information content (AvgIpc) is 2.32. The molecule has 0 aliphatic carbocycles. The fourth-order valence-electron chi connectivity index (χ4n) is 1.66. The van der Waals surface area contributed by atoms with Crippen molar-refractivity contribution in [2.24, 2.45) is 0 Å². The van der Waals surface area contributed by atoms with E-state index in [-0.39, 0.29) is 5.75 Å². The minimum Gasteiger partial charge on any atom is -0.375 e. The highest BCUT2D eigenvalue weighted by atomic mass is 32.2. The Kier molecular flexibility index (Phi) is 3.17. The van der Waals surface area contributed by atoms with Crippen molar-refractivity contribution in [1.29, 1.82) is 0 Å². The van der Waals surface area contributed by atoms with Gasteiger partial charge in [-0.1, -0.05) is 30.3 Å². The predicted molar refractivity (Wildman–Crippen MR) is 64.3 cm³/mol. The van der Waals surface area contributed by atoms with Crippen molar-refractivity contribution in [1.82, 2.24) is 0 Å². The fraction of sp³-hybridized carbons (Fsp3) is 0.167. The van der Waals surface area contributed by atoms with Crippen LogP contribution in [-0.4, -0.2) is 13.9 Å². The van der Waals surface area contributed by atoms with Crippen molar-refractivity contribution < 1.29 is 25.8 Å². The van der Waals surface area contributed by atoms with Crippen LogP contribution in [0.25, 0.3) is 10.8 Å². The Balaban J connectivity index is 2.57. The van der Waals surface area contributed by atoms with Gasteiger partial charge in [-0.2, -0.15) is 21.6 Å². The molecule has 0 N–H and O–H groups in total. The summed E-state index contributed by atoms with van der Waals surface area (Å²) in [6, 6.07) is 9.19. The Bertz CT molecular complexity index is 721. The van der Waals surface area contributed by atoms with Crippen LogP contribution in [0.2, 0.25) is 0 Å². The summed E-state index contributed by atoms with van der Waals surface area (Å²) in [6.07, 6.45) is 0. The summed E-state index contributed by atoms with van der Waals surface area (Å²) in [6.45, 7) is 1.77. The normalized spacial score (nSPS) is 12.6. The molecule has 102 valence electrons. The number of alkyl halides is 3. The van der Waals surface area contributed by atoms with E-state index in [0.29, 0.717) is 10.8 Å². The fourth-order valence-corrected chi connectivity index (χ4v) is 2.14. The first-order valence-electron chi connectivity index (χ1n) is 5.21. The molecule has 7 heteroatoms. The first kappa shape index (κ1) is 13.7. The molecule has 3 nitrogen and oxygen atoms in total. The maximum atomic E-state index is 12.3. The zero-order chi connectivity index (χ0) is 14.3. The van der Waals surface area contributed by atoms with Gasteiger partial charge in [0.15, 0.2) is 5.75 Å². The van der Waals surface area contributed by atoms with E-state index in [2.05, 4.69) is 4.18 Å². The molecule has 0 amide bonds. The molecule has 0 radical (unpaired) electrons. The zero-order valence-corrected chi connectivity index (χ0v) is 10.5. The minimum atomic E-state index is -5.66. The van der Waals surface area contributed by atoms with E-state index < -0.39 is 15.6 Å². The number of hydrogen-bond donors (Lipinski definition) is 0. The maximum absolute atomic E-state index is 12.3. The molecule has 0 heterocycles. The van der Waals surface area contributed by atoms with Crippen LogP contribution in [0.5, 0.6) is 5.75 Å². The summed E-state index contributed by atoms with van der Waals surface area (Å²) in [5, 5.41) is 0.952. The lowest BCUT2D eigenvalue weighted by Crippen LogP contribution is -2.28. The van der Waals surface area contributed by atoms with Crippen molar-refractivity contribution in [3.05, 3.63) is 42.0 Å². The maximum Gasteiger partial charge on any atom is 0.534 e. The van der Waals surface area contributed by atoms with E-state index in [4.69, 9.17) is 0 Å². The van der Waals surface area contributed by atoms with Gasteiger partial charge < -0.3 is 4.18 Å². The molecule has 2 aromatic carbocycles. The van der Waals surface area contributed by atoms with Crippen LogP contribution in [0.15, 0.2) is 36.4 Å². The highest BCUT2D eigenvalue weighted by molar-refractivity contribution is 7.88. The Morgan fingerprint density at radius 3 is 2.16 bits per heavy atom. The summed E-state index contributed by atoms with van der Waals surface area (Å²) in [5.74, 6) is -0.335. The number of aryl methyl sites for hydroxylation is 1. The molecule has 2 aromatic rings. The zero-order valence-electron chi connectivity index (χ0n) is 9.73. The largest absolute Gasteiger partial charge is 0.534 e. The Morgan fingerprint density at radius 1 is 1.00 bits per heavy atom. The third-order valence-corrected chi connectivity index (χ3v) is 3.55. The van der Waals surface area contributed by atoms with Gasteiger partial charge in [0.1, 0.15) is 0 Å². The number of hydrogen-bond acceptors (Lipinski definition) is 3. The molecule has 0 aliphatic heterocycles. The molecule has 0 unspecified atom stereocenters. The molecule has 0 saturated carbocycles. The third-order valence-electron chi connectivity index (χ3n) is 2.59. The lowest BCUT2D eigenvalue weighted by Gasteiger charge is -2.12. The summed E-state index contributed by atoms with van der Waals surface area (Å²) in [4.78, 5) is 0. The van der Waals surface area contributed by atoms with Gasteiger partial charge in [-0.25, -0.2) is 0 Å². The predicted octanol–water partition coefficient (Wildman–Crippen LogP) is 3.38. The van der Waals surface area contributed by atoms with E-state index in [9.17, 15) is 21.6 Å². The van der Waals surface area contributed by atoms with Crippen LogP contribution < -0.4 is 4.18 Å². The van der Waals surface area contributed by atoms with Crippen molar-refractivity contribution in [3.8, 4) is 5.75 Å². The van der Waals surface area contributed by atoms with Crippen LogP contribution in [0, 0.1) is 6.92 Å². The lowest BCUT2D eigenvalue weighted by molar-refractivity contribution is -0.0499. The summed E-state index contributed by atoms with van der Waals surface area (Å²) in [7, 11) is -5.66. The van der Waals surface area contributed by atoms with Gasteiger partial charge in [0.05, 0.1) is 0 Å². The Morgan fingerprint density at radius 2 is 1.58 bits per heavy atom. The van der Waals surface area contributed by atoms with E-state index >= 15 is 0 Å². The number of benzene rings is 2. The summed E-state index contributed by atoms with van der Waals surface area (Å²) in [5.41, 5.74) is -4.63. The highest BCUT2D eigenvalue weighted by Crippen LogP contribution is 2.32. The second-order valence-corrected chi connectivity index (χ2v) is 5.45. The first-order chi connectivity index (χ1) is 8.72. The van der Waals surface area contributed by atoms with E-state index in [1.807, 2.05) is 0 Å². The second kappa shape index (κ2) is 4.41. The van der Waals surface area contributed by atoms with Gasteiger partial charge in [0, 0.05) is 5.39 Å². The number of halogens is 3. The smallest absolute Gasteiger partial charge is 0.375 e. The van der Waals surface area contributed by atoms with Crippen LogP contribution >= 0.6 is 0 Å². The molecule has 0 aliphatic rings. The monoisotopic (exact) mass is 290 g/mol. The molecule has 0 bridgehead atoms. The van der Waals surface area contributed by atoms with E-state index in [1.54, 1.807) is 25.1 Å². The Hall–Kier alpha value is -1.76. The van der Waals surface area contributed by atoms with Crippen molar-refractivity contribution >= 4 is 20.9 Å². The van der Waals surface area contributed by atoms with Gasteiger partial charge in [0.2, 0.25) is 0 Å². The van der Waals surface area contributed by atoms with Gasteiger partial charge in [0.25, 0.3) is 0 Å². The van der Waals surface area contributed by atoms with Crippen molar-refractivity contribution in [3.63, 3.8) is 0 Å². The minimum absolute atomic E-state index is 0.315. The molecule has 0 atom stereocenters. The third kappa shape index (κ3) is 2.51. The summed E-state index contributed by atoms with van der Waals surface area (Å²) >= 11 is 0. The van der Waals surface area contributed by atoms with Gasteiger partial charge >= 0.3 is 15.6 Å². The molecular formula is C12H9F3O3S. The van der Waals surface area contributed by atoms with E-state index in [1.165, 1.54) is 18.2 Å². The highest BCUT2D eigenvalue weighted by Gasteiger charge is 2.48. The second-order valence-electron chi connectivity index (χ2n) is 3.91. The van der Waals surface area contributed by atoms with Gasteiger partial charge in [-0.3, -0.25) is 0 Å². The lowest BCUT2D eigenvalue weighted by atomic mass is 10.1. The summed E-state index contributed by atoms with van der Waals surface area (Å²) < 4.78 is 63.0. The van der Waals surface area contributed by atoms with Crippen molar-refractivity contribution in [2.75, 3.05) is 0 Å². The molecule has 0 saturated heterocycles. The molecule has 19 heavy (non-hydrogen) atoms. The first-order valence-corrected chi connectivity index (χ1v) is 6.62. The Labute approximate surface area is 107 Å². The SMILES string of the molecule is Cc1ccc(OS(=O)(=O)C(F)(F)F)c2ccccc12. The molecule has 0 fully saturated rings. The van der Waals surface area contributed by atoms with Gasteiger partial charge in [-0.15, -0.1) is 0 Å². The molecule has 0 aromatic heterocycles. The van der Waals surface area contributed by atoms with Gasteiger partial charge in [-0.05, 0) is 23.9 Å². The molecular weight excluding hydrogens is 281 g/mol.